The summed E-state index contributed by atoms with van der Waals surface area (Å²) in [6.45, 7) is 0. The Hall–Kier alpha value is -2.49. The van der Waals surface area contributed by atoms with Crippen molar-refractivity contribution in [1.82, 2.24) is 0 Å². The summed E-state index contributed by atoms with van der Waals surface area (Å²) >= 11 is 0. The highest BCUT2D eigenvalue weighted by Gasteiger charge is 2.20. The van der Waals surface area contributed by atoms with E-state index in [1.54, 1.807) is 6.07 Å². The van der Waals surface area contributed by atoms with Crippen LogP contribution >= 0.6 is 0 Å². The van der Waals surface area contributed by atoms with E-state index in [1.807, 2.05) is 21.8 Å². The Morgan fingerprint density at radius 1 is 0.654 bits per heavy atom. The zero-order valence-corrected chi connectivity index (χ0v) is 15.7. The van der Waals surface area contributed by atoms with Crippen LogP contribution in [0.1, 0.15) is 0 Å². The maximum absolute atomic E-state index is 14.9. The third-order valence-corrected chi connectivity index (χ3v) is 5.53. The minimum absolute atomic E-state index is 0.0169. The van der Waals surface area contributed by atoms with E-state index in [9.17, 15) is 14.6 Å². The van der Waals surface area contributed by atoms with Gasteiger partial charge in [-0.15, -0.1) is 16.4 Å². The molecule has 3 aromatic rings. The Morgan fingerprint density at radius 2 is 1.23 bits per heavy atom. The Kier molecular flexibility index (Phi) is 4.70. The van der Waals surface area contributed by atoms with Gasteiger partial charge in [0.1, 0.15) is 56.5 Å². The van der Waals surface area contributed by atoms with E-state index in [-0.39, 0.29) is 17.1 Å². The highest BCUT2D eigenvalue weighted by atomic mass is 19.1. The molecule has 2 nitrogen and oxygen atoms in total. The maximum atomic E-state index is 14.9. The molecule has 3 aromatic carbocycles. The molecule has 0 aliphatic carbocycles. The monoisotopic (exact) mass is 340 g/mol. The van der Waals surface area contributed by atoms with Gasteiger partial charge in [-0.1, -0.05) is 23.1 Å². The maximum Gasteiger partial charge on any atom is 0.139 e. The quantitative estimate of drug-likeness (QED) is 0.368. The second-order valence-electron chi connectivity index (χ2n) is 6.86. The Labute approximate surface area is 157 Å². The molecule has 0 atom stereocenters. The lowest BCUT2D eigenvalue weighted by Gasteiger charge is -2.23. The molecule has 0 amide bonds. The third kappa shape index (κ3) is 2.83. The van der Waals surface area contributed by atoms with Gasteiger partial charge >= 0.3 is 0 Å². The number of phenolic OH excluding ortho intramolecular Hbond substituents is 2. The fraction of sp³-hybridized carbons (Fsp3) is 0. The summed E-state index contributed by atoms with van der Waals surface area (Å²) in [5.41, 5.74) is 8.06. The standard InChI is InChI=1S/C18H18B5FO2/c19-14-13(15(20)17(22)18(23)16(14)21)8-2-1-3-10(24)12(8)9-6-7(25)4-5-11(9)26/h1-6,25-26H,19-23H2. The third-order valence-electron chi connectivity index (χ3n) is 5.53. The van der Waals surface area contributed by atoms with Crippen LogP contribution in [0, 0.1) is 5.82 Å². The van der Waals surface area contributed by atoms with E-state index in [4.69, 9.17) is 0 Å². The van der Waals surface area contributed by atoms with Gasteiger partial charge in [0, 0.05) is 11.1 Å². The molecule has 0 heterocycles. The van der Waals surface area contributed by atoms with Gasteiger partial charge < -0.3 is 10.2 Å². The van der Waals surface area contributed by atoms with Crippen LogP contribution in [0.25, 0.3) is 22.3 Å². The molecule has 0 unspecified atom stereocenters. The van der Waals surface area contributed by atoms with Crippen molar-refractivity contribution in [2.45, 2.75) is 0 Å². The fourth-order valence-corrected chi connectivity index (χ4v) is 3.63. The first-order valence-electron chi connectivity index (χ1n) is 8.62. The van der Waals surface area contributed by atoms with Crippen molar-refractivity contribution in [2.75, 3.05) is 0 Å². The lowest BCUT2D eigenvalue weighted by Crippen LogP contribution is -2.55. The van der Waals surface area contributed by atoms with Gasteiger partial charge in [0.05, 0.1) is 0 Å². The fourth-order valence-electron chi connectivity index (χ4n) is 3.63. The van der Waals surface area contributed by atoms with Crippen LogP contribution in [0.5, 0.6) is 11.5 Å². The van der Waals surface area contributed by atoms with Gasteiger partial charge in [-0.2, -0.15) is 0 Å². The van der Waals surface area contributed by atoms with E-state index in [0.29, 0.717) is 11.1 Å². The molecule has 26 heavy (non-hydrogen) atoms. The Bertz CT molecular complexity index is 1010. The van der Waals surface area contributed by atoms with Gasteiger partial charge in [0.15, 0.2) is 0 Å². The summed E-state index contributed by atoms with van der Waals surface area (Å²) in [4.78, 5) is 0. The van der Waals surface area contributed by atoms with Crippen LogP contribution in [0.4, 0.5) is 4.39 Å². The van der Waals surface area contributed by atoms with E-state index in [1.165, 1.54) is 40.7 Å². The van der Waals surface area contributed by atoms with Gasteiger partial charge in [-0.05, 0) is 35.4 Å². The number of rotatable bonds is 2. The van der Waals surface area contributed by atoms with Gasteiger partial charge in [0.25, 0.3) is 0 Å². The van der Waals surface area contributed by atoms with Crippen molar-refractivity contribution in [3.05, 3.63) is 42.2 Å². The predicted octanol–water partition coefficient (Wildman–Crippen LogP) is -4.14. The molecular weight excluding hydrogens is 321 g/mol. The Balaban J connectivity index is 2.44. The summed E-state index contributed by atoms with van der Waals surface area (Å²) in [5.74, 6) is -0.514. The molecule has 0 fully saturated rings. The summed E-state index contributed by atoms with van der Waals surface area (Å²) < 4.78 is 14.9. The summed E-state index contributed by atoms with van der Waals surface area (Å²) in [7, 11) is 10.3. The second-order valence-corrected chi connectivity index (χ2v) is 6.86. The van der Waals surface area contributed by atoms with Gasteiger partial charge in [-0.3, -0.25) is 0 Å². The summed E-state index contributed by atoms with van der Waals surface area (Å²) in [5, 5.41) is 20.1. The number of halogens is 1. The van der Waals surface area contributed by atoms with Crippen LogP contribution in [-0.4, -0.2) is 49.4 Å². The SMILES string of the molecule is Bc1c(B)c(B)c(-c2cccc(F)c2-c2cc(O)ccc2O)c(B)c1B. The largest absolute Gasteiger partial charge is 0.508 e. The summed E-state index contributed by atoms with van der Waals surface area (Å²) in [6.07, 6.45) is 0. The van der Waals surface area contributed by atoms with E-state index >= 15 is 0 Å². The molecule has 124 valence electrons. The molecule has 3 rings (SSSR count). The number of phenols is 2. The second kappa shape index (κ2) is 6.67. The minimum Gasteiger partial charge on any atom is -0.508 e. The number of aromatic hydroxyl groups is 2. The zero-order chi connectivity index (χ0) is 19.2. The minimum atomic E-state index is -0.432. The molecule has 0 saturated carbocycles. The molecule has 0 spiro atoms. The molecule has 0 aliphatic heterocycles. The van der Waals surface area contributed by atoms with Crippen LogP contribution in [-0.2, 0) is 0 Å². The van der Waals surface area contributed by atoms with Crippen LogP contribution in [0.3, 0.4) is 0 Å². The molecule has 0 radical (unpaired) electrons. The van der Waals surface area contributed by atoms with Crippen LogP contribution in [0.2, 0.25) is 0 Å². The normalized spacial score (nSPS) is 10.8. The lowest BCUT2D eigenvalue weighted by atomic mass is 9.59. The predicted molar refractivity (Wildman–Crippen MR) is 121 cm³/mol. The van der Waals surface area contributed by atoms with Crippen molar-refractivity contribution in [3.63, 3.8) is 0 Å². The molecule has 0 saturated heterocycles. The zero-order valence-electron chi connectivity index (χ0n) is 15.7. The number of hydrogen-bond acceptors (Lipinski definition) is 2. The van der Waals surface area contributed by atoms with Crippen molar-refractivity contribution >= 4 is 66.5 Å². The molecular formula is C18H18B5FO2. The molecule has 0 bridgehead atoms. The first kappa shape index (κ1) is 18.3. The molecule has 0 aromatic heterocycles. The van der Waals surface area contributed by atoms with Crippen molar-refractivity contribution in [2.24, 2.45) is 0 Å². The van der Waals surface area contributed by atoms with Crippen molar-refractivity contribution < 1.29 is 14.6 Å². The van der Waals surface area contributed by atoms with E-state index < -0.39 is 5.82 Å². The Morgan fingerprint density at radius 3 is 1.85 bits per heavy atom. The van der Waals surface area contributed by atoms with Gasteiger partial charge in [-0.25, -0.2) is 4.39 Å². The average molecular weight is 339 g/mol. The number of benzene rings is 3. The van der Waals surface area contributed by atoms with Crippen LogP contribution < -0.4 is 27.3 Å². The van der Waals surface area contributed by atoms with E-state index in [2.05, 4.69) is 23.5 Å². The van der Waals surface area contributed by atoms with Crippen molar-refractivity contribution in [3.8, 4) is 33.8 Å². The number of hydrogen-bond donors (Lipinski definition) is 2. The molecule has 2 N–H and O–H groups in total. The topological polar surface area (TPSA) is 40.5 Å². The van der Waals surface area contributed by atoms with Crippen molar-refractivity contribution in [1.29, 1.82) is 0 Å². The first-order chi connectivity index (χ1) is 12.2. The lowest BCUT2D eigenvalue weighted by molar-refractivity contribution is 0.461. The smallest absolute Gasteiger partial charge is 0.139 e. The molecule has 8 heteroatoms. The highest BCUT2D eigenvalue weighted by molar-refractivity contribution is 6.68. The summed E-state index contributed by atoms with van der Waals surface area (Å²) in [6, 6.07) is 9.09. The molecule has 0 aliphatic rings. The van der Waals surface area contributed by atoms with Gasteiger partial charge in [0.2, 0.25) is 0 Å². The first-order valence-corrected chi connectivity index (χ1v) is 8.62. The van der Waals surface area contributed by atoms with E-state index in [0.717, 1.165) is 16.5 Å². The average Bonchev–Trinajstić information content (AvgIpc) is 2.61. The van der Waals surface area contributed by atoms with Crippen LogP contribution in [0.15, 0.2) is 36.4 Å². The highest BCUT2D eigenvalue weighted by Crippen LogP contribution is 2.39.